The van der Waals surface area contributed by atoms with Gasteiger partial charge in [-0.3, -0.25) is 4.79 Å². The Kier molecular flexibility index (Phi) is 5.78. The third kappa shape index (κ3) is 4.56. The van der Waals surface area contributed by atoms with Crippen LogP contribution in [0.5, 0.6) is 0 Å². The zero-order valence-corrected chi connectivity index (χ0v) is 14.8. The van der Waals surface area contributed by atoms with Gasteiger partial charge in [-0.25, -0.2) is 4.98 Å². The topological polar surface area (TPSA) is 92.4 Å². The van der Waals surface area contributed by atoms with E-state index in [-0.39, 0.29) is 12.5 Å². The number of benzene rings is 1. The van der Waals surface area contributed by atoms with Gasteiger partial charge in [0, 0.05) is 24.2 Å². The Morgan fingerprint density at radius 2 is 2.12 bits per heavy atom. The number of carboxylic acid groups (broad SMARTS) is 1. The molecule has 7 heteroatoms. The van der Waals surface area contributed by atoms with Crippen LogP contribution in [-0.4, -0.2) is 36.7 Å². The maximum atomic E-state index is 11.1. The predicted molar refractivity (Wildman–Crippen MR) is 99.2 cm³/mol. The summed E-state index contributed by atoms with van der Waals surface area (Å²) in [4.78, 5) is 19.8. The number of hydrogen-bond acceptors (Lipinski definition) is 5. The van der Waals surface area contributed by atoms with E-state index in [2.05, 4.69) is 39.4 Å². The lowest BCUT2D eigenvalue weighted by Gasteiger charge is -2.20. The van der Waals surface area contributed by atoms with Crippen molar-refractivity contribution in [3.05, 3.63) is 54.0 Å². The first-order chi connectivity index (χ1) is 12.7. The third-order valence-electron chi connectivity index (χ3n) is 4.19. The van der Waals surface area contributed by atoms with Crippen LogP contribution in [0.15, 0.2) is 42.7 Å². The van der Waals surface area contributed by atoms with Crippen molar-refractivity contribution in [1.29, 1.82) is 0 Å². The number of anilines is 1. The van der Waals surface area contributed by atoms with Gasteiger partial charge in [-0.1, -0.05) is 43.7 Å². The van der Waals surface area contributed by atoms with E-state index < -0.39 is 5.97 Å². The molecule has 2 N–H and O–H groups in total. The number of aromatic nitrogens is 4. The monoisotopic (exact) mass is 353 g/mol. The van der Waals surface area contributed by atoms with E-state index >= 15 is 0 Å². The molecule has 1 atom stereocenters. The molecular formula is C19H23N5O2. The molecule has 26 heavy (non-hydrogen) atoms. The fraction of sp³-hybridized carbons (Fsp3) is 0.368. The standard InChI is InChI=1S/C19H23N5O2/c1-2-6-15-12-17(24-19(23-15)20-13-21-24)22-16(9-10-18(25)26)11-14-7-4-3-5-8-14/h3-5,7-8,12-13,16,22H,2,6,9-11H2,1H3,(H,25,26). The average Bonchev–Trinajstić information content (AvgIpc) is 3.09. The van der Waals surface area contributed by atoms with Crippen LogP contribution in [-0.2, 0) is 17.6 Å². The number of carbonyl (C=O) groups is 1. The Morgan fingerprint density at radius 1 is 1.31 bits per heavy atom. The van der Waals surface area contributed by atoms with E-state index in [1.54, 1.807) is 4.52 Å². The quantitative estimate of drug-likeness (QED) is 0.614. The highest BCUT2D eigenvalue weighted by Crippen LogP contribution is 2.17. The maximum Gasteiger partial charge on any atom is 0.303 e. The predicted octanol–water partition coefficient (Wildman–Crippen LogP) is 2.96. The molecule has 0 radical (unpaired) electrons. The van der Waals surface area contributed by atoms with Crippen LogP contribution in [0.3, 0.4) is 0 Å². The van der Waals surface area contributed by atoms with E-state index in [0.717, 1.165) is 36.3 Å². The Bertz CT molecular complexity index is 863. The van der Waals surface area contributed by atoms with Crippen LogP contribution in [0.1, 0.15) is 37.4 Å². The van der Waals surface area contributed by atoms with Gasteiger partial charge in [0.25, 0.3) is 5.78 Å². The molecule has 2 aromatic heterocycles. The fourth-order valence-corrected chi connectivity index (χ4v) is 2.98. The van der Waals surface area contributed by atoms with Crippen molar-refractivity contribution in [3.63, 3.8) is 0 Å². The number of aliphatic carboxylic acids is 1. The summed E-state index contributed by atoms with van der Waals surface area (Å²) in [7, 11) is 0. The highest BCUT2D eigenvalue weighted by Gasteiger charge is 2.15. The molecule has 0 aliphatic carbocycles. The van der Waals surface area contributed by atoms with Crippen LogP contribution in [0.25, 0.3) is 5.78 Å². The summed E-state index contributed by atoms with van der Waals surface area (Å²) in [5.74, 6) is 0.551. The minimum atomic E-state index is -0.794. The second kappa shape index (κ2) is 8.42. The molecule has 0 fully saturated rings. The van der Waals surface area contributed by atoms with Gasteiger partial charge < -0.3 is 10.4 Å². The number of rotatable bonds is 9. The van der Waals surface area contributed by atoms with E-state index in [1.807, 2.05) is 24.3 Å². The minimum Gasteiger partial charge on any atom is -0.481 e. The number of aryl methyl sites for hydroxylation is 1. The first kappa shape index (κ1) is 17.8. The molecular weight excluding hydrogens is 330 g/mol. The summed E-state index contributed by atoms with van der Waals surface area (Å²) >= 11 is 0. The van der Waals surface area contributed by atoms with Gasteiger partial charge in [-0.15, -0.1) is 0 Å². The summed E-state index contributed by atoms with van der Waals surface area (Å²) in [6.07, 6.45) is 4.69. The first-order valence-electron chi connectivity index (χ1n) is 8.87. The average molecular weight is 353 g/mol. The van der Waals surface area contributed by atoms with Gasteiger partial charge in [0.05, 0.1) is 0 Å². The van der Waals surface area contributed by atoms with Crippen molar-refractivity contribution in [3.8, 4) is 0 Å². The van der Waals surface area contributed by atoms with E-state index in [9.17, 15) is 4.79 Å². The highest BCUT2D eigenvalue weighted by atomic mass is 16.4. The molecule has 0 saturated heterocycles. The molecule has 3 aromatic rings. The molecule has 0 spiro atoms. The van der Waals surface area contributed by atoms with Crippen LogP contribution in [0.2, 0.25) is 0 Å². The third-order valence-corrected chi connectivity index (χ3v) is 4.19. The Balaban J connectivity index is 1.86. The van der Waals surface area contributed by atoms with Crippen LogP contribution in [0.4, 0.5) is 5.82 Å². The van der Waals surface area contributed by atoms with Crippen molar-refractivity contribution in [2.75, 3.05) is 5.32 Å². The molecule has 1 unspecified atom stereocenters. The van der Waals surface area contributed by atoms with E-state index in [1.165, 1.54) is 6.33 Å². The van der Waals surface area contributed by atoms with Crippen LogP contribution >= 0.6 is 0 Å². The lowest BCUT2D eigenvalue weighted by atomic mass is 10.0. The number of fused-ring (bicyclic) bond motifs is 1. The molecule has 0 amide bonds. The van der Waals surface area contributed by atoms with Crippen LogP contribution < -0.4 is 5.32 Å². The number of hydrogen-bond donors (Lipinski definition) is 2. The molecule has 2 heterocycles. The van der Waals surface area contributed by atoms with Crippen molar-refractivity contribution < 1.29 is 9.90 Å². The lowest BCUT2D eigenvalue weighted by molar-refractivity contribution is -0.137. The maximum absolute atomic E-state index is 11.1. The lowest BCUT2D eigenvalue weighted by Crippen LogP contribution is -2.25. The normalized spacial score (nSPS) is 12.2. The van der Waals surface area contributed by atoms with Gasteiger partial charge in [0.2, 0.25) is 0 Å². The molecule has 1 aromatic carbocycles. The smallest absolute Gasteiger partial charge is 0.303 e. The second-order valence-corrected chi connectivity index (χ2v) is 6.32. The summed E-state index contributed by atoms with van der Waals surface area (Å²) < 4.78 is 1.66. The Morgan fingerprint density at radius 3 is 2.85 bits per heavy atom. The largest absolute Gasteiger partial charge is 0.481 e. The minimum absolute atomic E-state index is 0.0298. The molecule has 7 nitrogen and oxygen atoms in total. The van der Waals surface area contributed by atoms with Crippen molar-refractivity contribution >= 4 is 17.6 Å². The summed E-state index contributed by atoms with van der Waals surface area (Å²) in [5, 5.41) is 16.8. The summed E-state index contributed by atoms with van der Waals surface area (Å²) in [5.41, 5.74) is 2.11. The Labute approximate surface area is 152 Å². The molecule has 0 bridgehead atoms. The van der Waals surface area contributed by atoms with Gasteiger partial charge >= 0.3 is 5.97 Å². The zero-order chi connectivity index (χ0) is 18.4. The number of nitrogens with one attached hydrogen (secondary N) is 1. The van der Waals surface area contributed by atoms with Gasteiger partial charge in [-0.05, 0) is 24.8 Å². The molecule has 0 aliphatic rings. The van der Waals surface area contributed by atoms with Crippen LogP contribution in [0, 0.1) is 0 Å². The van der Waals surface area contributed by atoms with Crippen molar-refractivity contribution in [2.45, 2.75) is 45.1 Å². The van der Waals surface area contributed by atoms with Gasteiger partial charge in [0.15, 0.2) is 0 Å². The highest BCUT2D eigenvalue weighted by molar-refractivity contribution is 5.66. The van der Waals surface area contributed by atoms with Gasteiger partial charge in [-0.2, -0.15) is 14.6 Å². The van der Waals surface area contributed by atoms with Crippen molar-refractivity contribution in [1.82, 2.24) is 19.6 Å². The number of carboxylic acids is 1. The van der Waals surface area contributed by atoms with Gasteiger partial charge in [0.1, 0.15) is 12.1 Å². The molecule has 0 aliphatic heterocycles. The van der Waals surface area contributed by atoms with E-state index in [0.29, 0.717) is 12.2 Å². The summed E-state index contributed by atoms with van der Waals surface area (Å²) in [6, 6.07) is 12.0. The van der Waals surface area contributed by atoms with Crippen molar-refractivity contribution in [2.24, 2.45) is 0 Å². The first-order valence-corrected chi connectivity index (χ1v) is 8.87. The molecule has 3 rings (SSSR count). The Hall–Kier alpha value is -2.96. The zero-order valence-electron chi connectivity index (χ0n) is 14.8. The van der Waals surface area contributed by atoms with E-state index in [4.69, 9.17) is 5.11 Å². The SMILES string of the molecule is CCCc1cc(NC(CCC(=O)O)Cc2ccccc2)n2ncnc2n1. The fourth-order valence-electron chi connectivity index (χ4n) is 2.98. The number of nitrogens with zero attached hydrogens (tertiary/aromatic N) is 4. The molecule has 0 saturated carbocycles. The molecule has 136 valence electrons. The second-order valence-electron chi connectivity index (χ2n) is 6.32. The summed E-state index contributed by atoms with van der Waals surface area (Å²) in [6.45, 7) is 2.11.